The Kier molecular flexibility index (Phi) is 6.23. The molecule has 2 rings (SSSR count). The number of nitrogens with two attached hydrogens (primary N) is 1. The quantitative estimate of drug-likeness (QED) is 0.601. The van der Waals surface area contributed by atoms with E-state index in [1.165, 1.54) is 23.8 Å². The number of hydrogen-bond acceptors (Lipinski definition) is 4. The van der Waals surface area contributed by atoms with Gasteiger partial charge in [0.1, 0.15) is 5.82 Å². The van der Waals surface area contributed by atoms with Crippen molar-refractivity contribution >= 4 is 11.5 Å². The summed E-state index contributed by atoms with van der Waals surface area (Å²) >= 11 is 0. The van der Waals surface area contributed by atoms with Gasteiger partial charge in [0, 0.05) is 37.5 Å². The second kappa shape index (κ2) is 8.39. The fraction of sp³-hybridized carbons (Fsp3) is 0.333. The first-order chi connectivity index (χ1) is 11.1. The third kappa shape index (κ3) is 5.14. The fourth-order valence-corrected chi connectivity index (χ4v) is 2.39. The summed E-state index contributed by atoms with van der Waals surface area (Å²) in [7, 11) is 0. The first-order valence-corrected chi connectivity index (χ1v) is 7.79. The van der Waals surface area contributed by atoms with Gasteiger partial charge in [-0.15, -0.1) is 0 Å². The predicted octanol–water partition coefficient (Wildman–Crippen LogP) is 2.94. The summed E-state index contributed by atoms with van der Waals surface area (Å²) in [6.07, 6.45) is 4.89. The molecule has 0 aliphatic rings. The van der Waals surface area contributed by atoms with Crippen LogP contribution >= 0.6 is 0 Å². The lowest BCUT2D eigenvalue weighted by Gasteiger charge is -2.20. The minimum absolute atomic E-state index is 0.0147. The number of likely N-dealkylation sites (N-methyl/N-ethyl adjacent to an activating group) is 1. The molecule has 1 heterocycles. The molecule has 23 heavy (non-hydrogen) atoms. The molecule has 0 unspecified atom stereocenters. The standard InChI is InChI=1S/C18H22FN3O/c1-2-22(11-7-14-5-9-21-10-6-14)12-8-18(23)15-3-4-16(19)17(20)13-15/h3-6,9-10,13H,2,7-8,11-12,20H2,1H3. The molecule has 0 bridgehead atoms. The molecule has 4 nitrogen and oxygen atoms in total. The molecule has 0 atom stereocenters. The molecule has 0 radical (unpaired) electrons. The van der Waals surface area contributed by atoms with Crippen LogP contribution in [-0.2, 0) is 6.42 Å². The number of hydrogen-bond donors (Lipinski definition) is 1. The number of halogens is 1. The van der Waals surface area contributed by atoms with Crippen LogP contribution in [0.15, 0.2) is 42.7 Å². The highest BCUT2D eigenvalue weighted by molar-refractivity contribution is 5.96. The van der Waals surface area contributed by atoms with Crippen LogP contribution in [0.2, 0.25) is 0 Å². The zero-order valence-electron chi connectivity index (χ0n) is 13.3. The number of Topliss-reactive ketones (excluding diaryl/α,β-unsaturated/α-hetero) is 1. The lowest BCUT2D eigenvalue weighted by molar-refractivity contribution is 0.0965. The van der Waals surface area contributed by atoms with Crippen LogP contribution in [0, 0.1) is 5.82 Å². The third-order valence-corrected chi connectivity index (χ3v) is 3.89. The van der Waals surface area contributed by atoms with Crippen LogP contribution in [0.3, 0.4) is 0 Å². The Hall–Kier alpha value is -2.27. The molecule has 122 valence electrons. The maximum atomic E-state index is 13.1. The molecule has 1 aromatic heterocycles. The summed E-state index contributed by atoms with van der Waals surface area (Å²) < 4.78 is 13.1. The number of nitrogens with zero attached hydrogens (tertiary/aromatic N) is 2. The van der Waals surface area contributed by atoms with Gasteiger partial charge in [-0.2, -0.15) is 0 Å². The average Bonchev–Trinajstić information content (AvgIpc) is 2.58. The highest BCUT2D eigenvalue weighted by atomic mass is 19.1. The van der Waals surface area contributed by atoms with Crippen LogP contribution < -0.4 is 5.73 Å². The van der Waals surface area contributed by atoms with Gasteiger partial charge >= 0.3 is 0 Å². The van der Waals surface area contributed by atoms with E-state index in [-0.39, 0.29) is 11.5 Å². The summed E-state index contributed by atoms with van der Waals surface area (Å²) in [5.41, 5.74) is 7.22. The molecule has 0 fully saturated rings. The van der Waals surface area contributed by atoms with Gasteiger partial charge in [-0.05, 0) is 48.9 Å². The average molecular weight is 315 g/mol. The molecule has 0 aliphatic heterocycles. The first kappa shape index (κ1) is 17.1. The number of aromatic nitrogens is 1. The van der Waals surface area contributed by atoms with E-state index in [1.54, 1.807) is 12.4 Å². The predicted molar refractivity (Wildman–Crippen MR) is 89.8 cm³/mol. The number of rotatable bonds is 8. The normalized spacial score (nSPS) is 10.9. The summed E-state index contributed by atoms with van der Waals surface area (Å²) in [5, 5.41) is 0. The Morgan fingerprint density at radius 2 is 1.96 bits per heavy atom. The Labute approximate surface area is 136 Å². The molecule has 5 heteroatoms. The van der Waals surface area contributed by atoms with E-state index in [4.69, 9.17) is 5.73 Å². The van der Waals surface area contributed by atoms with Crippen LogP contribution in [0.5, 0.6) is 0 Å². The number of benzene rings is 1. The Balaban J connectivity index is 1.84. The molecule has 0 amide bonds. The lowest BCUT2D eigenvalue weighted by atomic mass is 10.1. The van der Waals surface area contributed by atoms with Crippen molar-refractivity contribution in [2.75, 3.05) is 25.4 Å². The number of carbonyl (C=O) groups excluding carboxylic acids is 1. The highest BCUT2D eigenvalue weighted by Crippen LogP contribution is 2.14. The van der Waals surface area contributed by atoms with Crippen molar-refractivity contribution in [3.63, 3.8) is 0 Å². The van der Waals surface area contributed by atoms with Crippen molar-refractivity contribution in [2.24, 2.45) is 0 Å². The minimum atomic E-state index is -0.492. The molecule has 0 spiro atoms. The number of nitrogen functional groups attached to an aromatic ring is 1. The van der Waals surface area contributed by atoms with E-state index < -0.39 is 5.82 Å². The Morgan fingerprint density at radius 1 is 1.22 bits per heavy atom. The van der Waals surface area contributed by atoms with Gasteiger partial charge in [0.2, 0.25) is 0 Å². The van der Waals surface area contributed by atoms with E-state index in [0.717, 1.165) is 19.5 Å². The highest BCUT2D eigenvalue weighted by Gasteiger charge is 2.11. The number of carbonyl (C=O) groups is 1. The van der Waals surface area contributed by atoms with E-state index in [2.05, 4.69) is 16.8 Å². The second-order valence-corrected chi connectivity index (χ2v) is 5.45. The molecule has 2 N–H and O–H groups in total. The van der Waals surface area contributed by atoms with Crippen molar-refractivity contribution < 1.29 is 9.18 Å². The summed E-state index contributed by atoms with van der Waals surface area (Å²) in [5.74, 6) is -0.506. The first-order valence-electron chi connectivity index (χ1n) is 7.79. The van der Waals surface area contributed by atoms with Gasteiger partial charge in [0.05, 0.1) is 5.69 Å². The maximum Gasteiger partial charge on any atom is 0.164 e. The van der Waals surface area contributed by atoms with Crippen molar-refractivity contribution in [3.8, 4) is 0 Å². The maximum absolute atomic E-state index is 13.1. The van der Waals surface area contributed by atoms with E-state index in [1.807, 2.05) is 12.1 Å². The van der Waals surface area contributed by atoms with Gasteiger partial charge in [-0.3, -0.25) is 9.78 Å². The third-order valence-electron chi connectivity index (χ3n) is 3.89. The summed E-state index contributed by atoms with van der Waals surface area (Å²) in [6, 6.07) is 8.14. The van der Waals surface area contributed by atoms with Crippen LogP contribution in [0.4, 0.5) is 10.1 Å². The van der Waals surface area contributed by atoms with Gasteiger partial charge in [-0.25, -0.2) is 4.39 Å². The number of anilines is 1. The van der Waals surface area contributed by atoms with Crippen LogP contribution in [0.1, 0.15) is 29.3 Å². The van der Waals surface area contributed by atoms with Gasteiger partial charge < -0.3 is 10.6 Å². The van der Waals surface area contributed by atoms with Crippen molar-refractivity contribution in [2.45, 2.75) is 19.8 Å². The number of pyridine rings is 1. The molecule has 0 saturated carbocycles. The zero-order chi connectivity index (χ0) is 16.7. The molecule has 0 aliphatic carbocycles. The SMILES string of the molecule is CCN(CCC(=O)c1ccc(F)c(N)c1)CCc1ccncc1. The fourth-order valence-electron chi connectivity index (χ4n) is 2.39. The van der Waals surface area contributed by atoms with E-state index in [9.17, 15) is 9.18 Å². The lowest BCUT2D eigenvalue weighted by Crippen LogP contribution is -2.28. The van der Waals surface area contributed by atoms with Gasteiger partial charge in [0.25, 0.3) is 0 Å². The molecule has 1 aromatic carbocycles. The largest absolute Gasteiger partial charge is 0.396 e. The number of ketones is 1. The second-order valence-electron chi connectivity index (χ2n) is 5.45. The topological polar surface area (TPSA) is 59.2 Å². The van der Waals surface area contributed by atoms with Crippen LogP contribution in [-0.4, -0.2) is 35.3 Å². The van der Waals surface area contributed by atoms with Crippen molar-refractivity contribution in [1.29, 1.82) is 0 Å². The Bertz CT molecular complexity index is 646. The van der Waals surface area contributed by atoms with Gasteiger partial charge in [-0.1, -0.05) is 6.92 Å². The molecule has 2 aromatic rings. The zero-order valence-corrected chi connectivity index (χ0v) is 13.3. The van der Waals surface area contributed by atoms with Crippen molar-refractivity contribution in [3.05, 3.63) is 59.7 Å². The van der Waals surface area contributed by atoms with E-state index in [0.29, 0.717) is 18.5 Å². The monoisotopic (exact) mass is 315 g/mol. The van der Waals surface area contributed by atoms with Crippen LogP contribution in [0.25, 0.3) is 0 Å². The van der Waals surface area contributed by atoms with E-state index >= 15 is 0 Å². The minimum Gasteiger partial charge on any atom is -0.396 e. The Morgan fingerprint density at radius 3 is 2.61 bits per heavy atom. The molecular formula is C18H22FN3O. The van der Waals surface area contributed by atoms with Gasteiger partial charge in [0.15, 0.2) is 5.78 Å². The molecular weight excluding hydrogens is 293 g/mol. The molecule has 0 saturated heterocycles. The summed E-state index contributed by atoms with van der Waals surface area (Å²) in [4.78, 5) is 18.4. The summed E-state index contributed by atoms with van der Waals surface area (Å²) in [6.45, 7) is 4.52. The van der Waals surface area contributed by atoms with Crippen molar-refractivity contribution in [1.82, 2.24) is 9.88 Å². The smallest absolute Gasteiger partial charge is 0.164 e.